The Morgan fingerprint density at radius 1 is 1.00 bits per heavy atom. The molecule has 0 aromatic heterocycles. The topological polar surface area (TPSA) is 75.7 Å². The summed E-state index contributed by atoms with van der Waals surface area (Å²) in [6, 6.07) is 16.2. The predicted molar refractivity (Wildman–Crippen MR) is 127 cm³/mol. The molecule has 9 heteroatoms. The van der Waals surface area contributed by atoms with Crippen LogP contribution in [0.4, 0.5) is 11.4 Å². The fraction of sp³-hybridized carbons (Fsp3) is 0.174. The standard InChI is InChI=1S/C23H20Cl2N2O4S/c1-31-22-11-8-18(25)14-20(22)26-32(29,30)19-9-10-21-16(13-19)3-2-12-27(21)23(28)15-4-6-17(24)7-5-15/h4-11,13-14,26H,2-3,12H2,1H3. The maximum Gasteiger partial charge on any atom is 0.262 e. The normalized spacial score (nSPS) is 13.4. The van der Waals surface area contributed by atoms with Crippen LogP contribution in [0.2, 0.25) is 10.0 Å². The van der Waals surface area contributed by atoms with Gasteiger partial charge in [0.1, 0.15) is 5.75 Å². The second-order valence-corrected chi connectivity index (χ2v) is 9.86. The predicted octanol–water partition coefficient (Wildman–Crippen LogP) is 5.40. The summed E-state index contributed by atoms with van der Waals surface area (Å²) >= 11 is 11.9. The molecule has 1 heterocycles. The molecule has 0 radical (unpaired) electrons. The Morgan fingerprint density at radius 2 is 1.72 bits per heavy atom. The third-order valence-electron chi connectivity index (χ3n) is 5.22. The van der Waals surface area contributed by atoms with E-state index in [0.29, 0.717) is 40.0 Å². The Kier molecular flexibility index (Phi) is 6.33. The summed E-state index contributed by atoms with van der Waals surface area (Å²) in [6.45, 7) is 0.554. The monoisotopic (exact) mass is 490 g/mol. The Morgan fingerprint density at radius 3 is 2.44 bits per heavy atom. The van der Waals surface area contributed by atoms with Crippen LogP contribution in [-0.4, -0.2) is 28.0 Å². The molecule has 0 fully saturated rings. The lowest BCUT2D eigenvalue weighted by Gasteiger charge is -2.30. The zero-order chi connectivity index (χ0) is 22.9. The zero-order valence-corrected chi connectivity index (χ0v) is 19.5. The molecule has 0 bridgehead atoms. The summed E-state index contributed by atoms with van der Waals surface area (Å²) in [5.41, 5.74) is 2.26. The Bertz CT molecular complexity index is 1280. The first-order valence-corrected chi connectivity index (χ1v) is 12.1. The van der Waals surface area contributed by atoms with Gasteiger partial charge in [0.05, 0.1) is 17.7 Å². The molecule has 1 aliphatic heterocycles. The van der Waals surface area contributed by atoms with Crippen LogP contribution in [0.25, 0.3) is 0 Å². The van der Waals surface area contributed by atoms with Crippen molar-refractivity contribution in [2.45, 2.75) is 17.7 Å². The maximum absolute atomic E-state index is 13.0. The lowest BCUT2D eigenvalue weighted by molar-refractivity contribution is 0.0985. The van der Waals surface area contributed by atoms with Crippen LogP contribution in [0.1, 0.15) is 22.3 Å². The van der Waals surface area contributed by atoms with Crippen molar-refractivity contribution < 1.29 is 17.9 Å². The maximum atomic E-state index is 13.0. The van der Waals surface area contributed by atoms with Gasteiger partial charge in [0, 0.05) is 27.8 Å². The van der Waals surface area contributed by atoms with Gasteiger partial charge in [-0.15, -0.1) is 0 Å². The largest absolute Gasteiger partial charge is 0.495 e. The van der Waals surface area contributed by atoms with Crippen LogP contribution in [-0.2, 0) is 16.4 Å². The Labute approximate surface area is 196 Å². The number of rotatable bonds is 5. The van der Waals surface area contributed by atoms with Crippen molar-refractivity contribution in [3.05, 3.63) is 81.8 Å². The lowest BCUT2D eigenvalue weighted by atomic mass is 10.0. The number of aryl methyl sites for hydroxylation is 1. The van der Waals surface area contributed by atoms with Crippen molar-refractivity contribution in [3.8, 4) is 5.75 Å². The number of sulfonamides is 1. The molecule has 1 N–H and O–H groups in total. The summed E-state index contributed by atoms with van der Waals surface area (Å²) < 4.78 is 33.8. The molecule has 0 atom stereocenters. The van der Waals surface area contributed by atoms with Gasteiger partial charge in [0.25, 0.3) is 15.9 Å². The Hall–Kier alpha value is -2.74. The van der Waals surface area contributed by atoms with Crippen molar-refractivity contribution >= 4 is 50.5 Å². The molecule has 3 aromatic carbocycles. The minimum absolute atomic E-state index is 0.0964. The van der Waals surface area contributed by atoms with E-state index in [1.54, 1.807) is 53.4 Å². The van der Waals surface area contributed by atoms with Gasteiger partial charge in [-0.3, -0.25) is 9.52 Å². The molecular weight excluding hydrogens is 471 g/mol. The molecule has 1 amide bonds. The van der Waals surface area contributed by atoms with Crippen LogP contribution < -0.4 is 14.4 Å². The minimum Gasteiger partial charge on any atom is -0.495 e. The van der Waals surface area contributed by atoms with Crippen LogP contribution in [0.5, 0.6) is 5.75 Å². The smallest absolute Gasteiger partial charge is 0.262 e. The van der Waals surface area contributed by atoms with E-state index in [2.05, 4.69) is 4.72 Å². The minimum atomic E-state index is -3.90. The van der Waals surface area contributed by atoms with E-state index in [-0.39, 0.29) is 16.5 Å². The summed E-state index contributed by atoms with van der Waals surface area (Å²) in [7, 11) is -2.45. The number of nitrogens with zero attached hydrogens (tertiary/aromatic N) is 1. The van der Waals surface area contributed by atoms with Gasteiger partial charge in [-0.25, -0.2) is 8.42 Å². The van der Waals surface area contributed by atoms with E-state index in [4.69, 9.17) is 27.9 Å². The number of fused-ring (bicyclic) bond motifs is 1. The number of benzene rings is 3. The molecule has 0 saturated carbocycles. The molecule has 0 saturated heterocycles. The van der Waals surface area contributed by atoms with Crippen LogP contribution in [0, 0.1) is 0 Å². The van der Waals surface area contributed by atoms with Crippen molar-refractivity contribution in [1.29, 1.82) is 0 Å². The number of anilines is 2. The zero-order valence-electron chi connectivity index (χ0n) is 17.1. The van der Waals surface area contributed by atoms with Gasteiger partial charge in [0.15, 0.2) is 0 Å². The number of hydrogen-bond acceptors (Lipinski definition) is 4. The molecule has 3 aromatic rings. The third-order valence-corrected chi connectivity index (χ3v) is 7.07. The lowest BCUT2D eigenvalue weighted by Crippen LogP contribution is -2.35. The fourth-order valence-electron chi connectivity index (χ4n) is 3.66. The highest BCUT2D eigenvalue weighted by Crippen LogP contribution is 2.33. The van der Waals surface area contributed by atoms with Gasteiger partial charge in [0.2, 0.25) is 0 Å². The molecular formula is C23H20Cl2N2O4S. The highest BCUT2D eigenvalue weighted by molar-refractivity contribution is 7.92. The van der Waals surface area contributed by atoms with Crippen molar-refractivity contribution in [2.24, 2.45) is 0 Å². The van der Waals surface area contributed by atoms with Gasteiger partial charge >= 0.3 is 0 Å². The van der Waals surface area contributed by atoms with E-state index >= 15 is 0 Å². The summed E-state index contributed by atoms with van der Waals surface area (Å²) in [4.78, 5) is 14.8. The number of carbonyl (C=O) groups is 1. The highest BCUT2D eigenvalue weighted by atomic mass is 35.5. The van der Waals surface area contributed by atoms with Gasteiger partial charge in [-0.1, -0.05) is 23.2 Å². The molecule has 32 heavy (non-hydrogen) atoms. The summed E-state index contributed by atoms with van der Waals surface area (Å²) in [5.74, 6) is 0.204. The van der Waals surface area contributed by atoms with Crippen LogP contribution in [0.15, 0.2) is 65.6 Å². The van der Waals surface area contributed by atoms with Crippen LogP contribution >= 0.6 is 23.2 Å². The molecule has 1 aliphatic rings. The summed E-state index contributed by atoms with van der Waals surface area (Å²) in [5, 5.41) is 0.935. The number of hydrogen-bond donors (Lipinski definition) is 1. The number of halogens is 2. The molecule has 6 nitrogen and oxygen atoms in total. The first-order valence-electron chi connectivity index (χ1n) is 9.85. The number of methoxy groups -OCH3 is 1. The first-order chi connectivity index (χ1) is 15.3. The van der Waals surface area contributed by atoms with Crippen molar-refractivity contribution in [3.63, 3.8) is 0 Å². The number of nitrogens with one attached hydrogen (secondary N) is 1. The van der Waals surface area contributed by atoms with E-state index in [0.717, 1.165) is 12.0 Å². The second kappa shape index (κ2) is 9.02. The van der Waals surface area contributed by atoms with Gasteiger partial charge < -0.3 is 9.64 Å². The van der Waals surface area contributed by atoms with E-state index in [1.165, 1.54) is 19.2 Å². The van der Waals surface area contributed by atoms with Crippen molar-refractivity contribution in [1.82, 2.24) is 0 Å². The van der Waals surface area contributed by atoms with E-state index in [1.807, 2.05) is 0 Å². The number of amides is 1. The fourth-order valence-corrected chi connectivity index (χ4v) is 5.07. The van der Waals surface area contributed by atoms with Crippen LogP contribution in [0.3, 0.4) is 0 Å². The number of carbonyl (C=O) groups excluding carboxylic acids is 1. The molecule has 0 unspecified atom stereocenters. The third kappa shape index (κ3) is 4.55. The second-order valence-electron chi connectivity index (χ2n) is 7.31. The average molecular weight is 491 g/mol. The number of ether oxygens (including phenoxy) is 1. The van der Waals surface area contributed by atoms with E-state index in [9.17, 15) is 13.2 Å². The molecule has 4 rings (SSSR count). The SMILES string of the molecule is COc1ccc(Cl)cc1NS(=O)(=O)c1ccc2c(c1)CCCN2C(=O)c1ccc(Cl)cc1. The van der Waals surface area contributed by atoms with Gasteiger partial charge in [-0.05, 0) is 79.1 Å². The first kappa shape index (κ1) is 22.5. The quantitative estimate of drug-likeness (QED) is 0.519. The highest BCUT2D eigenvalue weighted by Gasteiger charge is 2.26. The van der Waals surface area contributed by atoms with Crippen molar-refractivity contribution in [2.75, 3.05) is 23.3 Å². The molecule has 166 valence electrons. The van der Waals surface area contributed by atoms with E-state index < -0.39 is 10.0 Å². The Balaban J connectivity index is 1.64. The average Bonchev–Trinajstić information content (AvgIpc) is 2.78. The molecule has 0 aliphatic carbocycles. The molecule has 0 spiro atoms. The van der Waals surface area contributed by atoms with Gasteiger partial charge in [-0.2, -0.15) is 0 Å². The summed E-state index contributed by atoms with van der Waals surface area (Å²) in [6.07, 6.45) is 1.40.